The number of nitrogens with zero attached hydrogens (tertiary/aromatic N) is 3. The van der Waals surface area contributed by atoms with Gasteiger partial charge in [0.1, 0.15) is 12.2 Å². The number of aromatic nitrogens is 1. The number of hydrogen-bond donors (Lipinski definition) is 1. The summed E-state index contributed by atoms with van der Waals surface area (Å²) in [6.07, 6.45) is -5.76. The molecule has 0 spiro atoms. The normalized spacial score (nSPS) is 16.4. The Bertz CT molecular complexity index is 962. The van der Waals surface area contributed by atoms with Gasteiger partial charge in [0, 0.05) is 0 Å². The zero-order valence-corrected chi connectivity index (χ0v) is 14.1. The van der Waals surface area contributed by atoms with E-state index in [4.69, 9.17) is 16.9 Å². The van der Waals surface area contributed by atoms with Gasteiger partial charge in [0.2, 0.25) is 0 Å². The number of aliphatic hydroxyl groups is 1. The van der Waals surface area contributed by atoms with E-state index in [1.54, 1.807) is 6.07 Å². The van der Waals surface area contributed by atoms with Gasteiger partial charge in [0.25, 0.3) is 6.43 Å². The number of hydrogen-bond acceptors (Lipinski definition) is 4. The number of rotatable bonds is 4. The van der Waals surface area contributed by atoms with Crippen molar-refractivity contribution in [1.29, 1.82) is 5.26 Å². The lowest BCUT2D eigenvalue weighted by atomic mass is 9.98. The molecule has 1 aromatic carbocycles. The zero-order chi connectivity index (χ0) is 19.9. The first-order valence-electron chi connectivity index (χ1n) is 7.53. The van der Waals surface area contributed by atoms with Crippen molar-refractivity contribution in [3.63, 3.8) is 0 Å². The lowest BCUT2D eigenvalue weighted by molar-refractivity contribution is -0.142. The van der Waals surface area contributed by atoms with Crippen molar-refractivity contribution in [2.45, 2.75) is 25.0 Å². The monoisotopic (exact) mass is 399 g/mol. The molecule has 2 aromatic rings. The molecule has 27 heavy (non-hydrogen) atoms. The van der Waals surface area contributed by atoms with E-state index < -0.39 is 42.0 Å². The Morgan fingerprint density at radius 2 is 2.00 bits per heavy atom. The highest BCUT2D eigenvalue weighted by Gasteiger charge is 2.55. The van der Waals surface area contributed by atoms with Gasteiger partial charge in [-0.25, -0.2) is 13.8 Å². The Hall–Kier alpha value is -2.70. The Kier molecular flexibility index (Phi) is 4.80. The maximum absolute atomic E-state index is 14.5. The van der Waals surface area contributed by atoms with Gasteiger partial charge >= 0.3 is 11.8 Å². The van der Waals surface area contributed by atoms with Gasteiger partial charge in [0.05, 0.1) is 28.5 Å². The number of aliphatic hydroxyl groups excluding tert-OH is 1. The van der Waals surface area contributed by atoms with Crippen LogP contribution >= 0.6 is 11.6 Å². The predicted molar refractivity (Wildman–Crippen MR) is 86.5 cm³/mol. The number of carbonyl (C=O) groups is 1. The highest BCUT2D eigenvalue weighted by atomic mass is 35.5. The van der Waals surface area contributed by atoms with Crippen LogP contribution in [0.4, 0.5) is 23.2 Å². The van der Waals surface area contributed by atoms with Gasteiger partial charge in [-0.15, -0.1) is 0 Å². The molecule has 0 fully saturated rings. The number of amides is 1. The van der Waals surface area contributed by atoms with Crippen molar-refractivity contribution in [3.8, 4) is 6.07 Å². The first kappa shape index (κ1) is 19.1. The molecule has 0 radical (unpaired) electrons. The summed E-state index contributed by atoms with van der Waals surface area (Å²) in [5, 5.41) is 18.6. The fourth-order valence-corrected chi connectivity index (χ4v) is 3.01. The molecular weight excluding hydrogens is 390 g/mol. The molecule has 1 atom stereocenters. The van der Waals surface area contributed by atoms with Crippen molar-refractivity contribution >= 4 is 23.2 Å². The van der Waals surface area contributed by atoms with Crippen LogP contribution in [0.15, 0.2) is 30.3 Å². The molecule has 10 heteroatoms. The van der Waals surface area contributed by atoms with E-state index in [2.05, 4.69) is 4.98 Å². The predicted octanol–water partition coefficient (Wildman–Crippen LogP) is 3.54. The number of nitriles is 1. The summed E-state index contributed by atoms with van der Waals surface area (Å²) in [6.45, 7) is -0.429. The number of carbonyl (C=O) groups excluding carboxylic acids is 1. The van der Waals surface area contributed by atoms with Gasteiger partial charge in [0.15, 0.2) is 5.69 Å². The summed E-state index contributed by atoms with van der Waals surface area (Å²) in [7, 11) is 0. The van der Waals surface area contributed by atoms with Crippen LogP contribution in [0.3, 0.4) is 0 Å². The summed E-state index contributed by atoms with van der Waals surface area (Å²) in [4.78, 5) is 16.8. The number of pyridine rings is 1. The van der Waals surface area contributed by atoms with Gasteiger partial charge in [-0.05, 0) is 23.8 Å². The Labute approximate surface area is 155 Å². The minimum atomic E-state index is -4.09. The minimum absolute atomic E-state index is 0.0575. The van der Waals surface area contributed by atoms with Crippen LogP contribution in [-0.2, 0) is 17.3 Å². The van der Waals surface area contributed by atoms with Gasteiger partial charge in [-0.1, -0.05) is 23.7 Å². The first-order valence-corrected chi connectivity index (χ1v) is 7.91. The summed E-state index contributed by atoms with van der Waals surface area (Å²) >= 11 is 5.77. The molecular formula is C17H10ClF4N3O2. The summed E-state index contributed by atoms with van der Waals surface area (Å²) in [6, 6.07) is 7.70. The molecule has 0 saturated carbocycles. The van der Waals surface area contributed by atoms with Crippen LogP contribution in [0.25, 0.3) is 0 Å². The Morgan fingerprint density at radius 3 is 2.63 bits per heavy atom. The zero-order valence-electron chi connectivity index (χ0n) is 13.3. The van der Waals surface area contributed by atoms with Crippen LogP contribution in [0, 0.1) is 11.3 Å². The van der Waals surface area contributed by atoms with Crippen molar-refractivity contribution in [3.05, 3.63) is 57.9 Å². The maximum Gasteiger partial charge on any atom is 0.352 e. The van der Waals surface area contributed by atoms with Crippen LogP contribution in [0.2, 0.25) is 5.02 Å². The number of fused-ring (bicyclic) bond motifs is 1. The van der Waals surface area contributed by atoms with Crippen molar-refractivity contribution < 1.29 is 27.5 Å². The van der Waals surface area contributed by atoms with E-state index in [0.717, 1.165) is 12.1 Å². The van der Waals surface area contributed by atoms with Crippen LogP contribution < -0.4 is 4.90 Å². The second-order valence-corrected chi connectivity index (χ2v) is 6.14. The van der Waals surface area contributed by atoms with E-state index in [0.29, 0.717) is 4.90 Å². The minimum Gasteiger partial charge on any atom is -0.382 e. The fraction of sp³-hybridized carbons (Fsp3) is 0.235. The third kappa shape index (κ3) is 3.11. The second-order valence-electron chi connectivity index (χ2n) is 5.73. The third-order valence-electron chi connectivity index (χ3n) is 4.08. The largest absolute Gasteiger partial charge is 0.382 e. The van der Waals surface area contributed by atoms with E-state index >= 15 is 0 Å². The maximum atomic E-state index is 14.5. The van der Waals surface area contributed by atoms with Crippen molar-refractivity contribution in [1.82, 2.24) is 4.98 Å². The van der Waals surface area contributed by atoms with Gasteiger partial charge in [-0.2, -0.15) is 14.0 Å². The van der Waals surface area contributed by atoms with Gasteiger partial charge in [-0.3, -0.25) is 4.79 Å². The molecule has 3 rings (SSSR count). The topological polar surface area (TPSA) is 77.2 Å². The molecule has 0 bridgehead atoms. The molecule has 1 N–H and O–H groups in total. The molecule has 0 saturated heterocycles. The highest BCUT2D eigenvalue weighted by Crippen LogP contribution is 2.48. The molecule has 140 valence electrons. The highest BCUT2D eigenvalue weighted by molar-refractivity contribution is 6.31. The number of halogens is 5. The number of alkyl halides is 4. The second kappa shape index (κ2) is 6.79. The van der Waals surface area contributed by atoms with Crippen LogP contribution in [0.1, 0.15) is 28.6 Å². The summed E-state index contributed by atoms with van der Waals surface area (Å²) in [5.41, 5.74) is -2.03. The Balaban J connectivity index is 2.08. The number of benzene rings is 1. The van der Waals surface area contributed by atoms with Crippen LogP contribution in [0.5, 0.6) is 0 Å². The molecule has 1 aliphatic rings. The van der Waals surface area contributed by atoms with Gasteiger partial charge < -0.3 is 10.0 Å². The number of anilines is 1. The van der Waals surface area contributed by atoms with E-state index in [1.807, 2.05) is 0 Å². The van der Waals surface area contributed by atoms with E-state index in [1.165, 1.54) is 18.2 Å². The first-order chi connectivity index (χ1) is 12.7. The van der Waals surface area contributed by atoms with Crippen molar-refractivity contribution in [2.75, 3.05) is 4.90 Å². The SMILES string of the molecule is N#Cc1nc(CN2C(=O)C(F)(F)c3c(C(O)C(F)F)cccc32)ccc1Cl. The summed E-state index contributed by atoms with van der Waals surface area (Å²) in [5.74, 6) is -5.73. The average molecular weight is 400 g/mol. The molecule has 2 heterocycles. The molecule has 0 aliphatic carbocycles. The lowest BCUT2D eigenvalue weighted by Crippen LogP contribution is -2.34. The molecule has 1 amide bonds. The Morgan fingerprint density at radius 1 is 1.30 bits per heavy atom. The molecule has 1 aromatic heterocycles. The molecule has 1 unspecified atom stereocenters. The molecule has 5 nitrogen and oxygen atoms in total. The smallest absolute Gasteiger partial charge is 0.352 e. The fourth-order valence-electron chi connectivity index (χ4n) is 2.86. The van der Waals surface area contributed by atoms with E-state index in [-0.39, 0.29) is 22.1 Å². The standard InChI is InChI=1S/C17H10ClF4N3O2/c18-10-5-4-8(24-11(10)6-23)7-25-12-3-1-2-9(14(26)15(19)20)13(12)17(21,22)16(25)27/h1-5,14-15,26H,7H2. The average Bonchev–Trinajstić information content (AvgIpc) is 2.83. The van der Waals surface area contributed by atoms with Crippen molar-refractivity contribution in [2.24, 2.45) is 0 Å². The third-order valence-corrected chi connectivity index (χ3v) is 4.39. The molecule has 1 aliphatic heterocycles. The summed E-state index contributed by atoms with van der Waals surface area (Å²) < 4.78 is 54.8. The van der Waals surface area contributed by atoms with E-state index in [9.17, 15) is 27.5 Å². The lowest BCUT2D eigenvalue weighted by Gasteiger charge is -2.18. The quantitative estimate of drug-likeness (QED) is 0.798. The van der Waals surface area contributed by atoms with Crippen LogP contribution in [-0.4, -0.2) is 22.4 Å².